The molecule has 0 N–H and O–H groups in total. The van der Waals surface area contributed by atoms with Crippen molar-refractivity contribution in [3.05, 3.63) is 0 Å². The summed E-state index contributed by atoms with van der Waals surface area (Å²) in [5.41, 5.74) is -0.645. The predicted molar refractivity (Wildman–Crippen MR) is 51.9 cm³/mol. The molecule has 0 aromatic carbocycles. The Kier molecular flexibility index (Phi) is 2.97. The molecule has 1 fully saturated rings. The van der Waals surface area contributed by atoms with E-state index in [-0.39, 0.29) is 5.24 Å². The first-order chi connectivity index (χ1) is 5.46. The van der Waals surface area contributed by atoms with Gasteiger partial charge in [-0.3, -0.25) is 4.79 Å². The molecular formula is C8H11Cl3O. The molecule has 1 unspecified atom stereocenters. The molecule has 0 spiro atoms. The highest BCUT2D eigenvalue weighted by Crippen LogP contribution is 2.67. The van der Waals surface area contributed by atoms with Crippen molar-refractivity contribution >= 4 is 40.0 Å². The van der Waals surface area contributed by atoms with E-state index in [2.05, 4.69) is 6.92 Å². The summed E-state index contributed by atoms with van der Waals surface area (Å²) in [6, 6.07) is 0. The smallest absolute Gasteiger partial charge is 0.230 e. The number of alkyl halides is 2. The van der Waals surface area contributed by atoms with Gasteiger partial charge in [-0.15, -0.1) is 23.2 Å². The minimum atomic E-state index is -0.902. The van der Waals surface area contributed by atoms with Gasteiger partial charge in [-0.2, -0.15) is 0 Å². The molecule has 0 amide bonds. The zero-order valence-corrected chi connectivity index (χ0v) is 9.14. The van der Waals surface area contributed by atoms with Crippen LogP contribution in [0.25, 0.3) is 0 Å². The first-order valence-electron chi connectivity index (χ1n) is 4.04. The Labute approximate surface area is 87.4 Å². The van der Waals surface area contributed by atoms with E-state index in [0.29, 0.717) is 12.8 Å². The number of hydrogen-bond acceptors (Lipinski definition) is 1. The maximum atomic E-state index is 11.0. The highest BCUT2D eigenvalue weighted by molar-refractivity contribution is 6.68. The van der Waals surface area contributed by atoms with Crippen LogP contribution in [0.4, 0.5) is 0 Å². The molecule has 12 heavy (non-hydrogen) atoms. The lowest BCUT2D eigenvalue weighted by Gasteiger charge is -2.11. The molecule has 1 aliphatic rings. The molecule has 0 bridgehead atoms. The van der Waals surface area contributed by atoms with Crippen LogP contribution in [0.5, 0.6) is 0 Å². The van der Waals surface area contributed by atoms with Crippen LogP contribution in [0.15, 0.2) is 0 Å². The topological polar surface area (TPSA) is 17.1 Å². The van der Waals surface area contributed by atoms with Crippen LogP contribution in [0.1, 0.15) is 32.6 Å². The molecule has 1 aliphatic carbocycles. The molecule has 4 heteroatoms. The standard InChI is InChI=1S/C8H11Cl3O/c1-2-3-4-7(6(9)12)5-8(7,10)11/h2-5H2,1H3. The van der Waals surface area contributed by atoms with Crippen LogP contribution < -0.4 is 0 Å². The van der Waals surface area contributed by atoms with E-state index < -0.39 is 9.75 Å². The van der Waals surface area contributed by atoms with Gasteiger partial charge in [-0.05, 0) is 24.4 Å². The van der Waals surface area contributed by atoms with Gasteiger partial charge in [0, 0.05) is 0 Å². The fraction of sp³-hybridized carbons (Fsp3) is 0.875. The zero-order valence-electron chi connectivity index (χ0n) is 6.87. The van der Waals surface area contributed by atoms with Crippen molar-refractivity contribution in [1.29, 1.82) is 0 Å². The Balaban J connectivity index is 2.60. The molecule has 1 atom stereocenters. The number of carbonyl (C=O) groups excluding carboxylic acids is 1. The van der Waals surface area contributed by atoms with Gasteiger partial charge in [0.15, 0.2) is 0 Å². The van der Waals surface area contributed by atoms with Crippen LogP contribution in [0.3, 0.4) is 0 Å². The third-order valence-electron chi connectivity index (χ3n) is 2.43. The molecule has 0 aromatic heterocycles. The van der Waals surface area contributed by atoms with Crippen molar-refractivity contribution in [1.82, 2.24) is 0 Å². The van der Waals surface area contributed by atoms with Gasteiger partial charge in [-0.25, -0.2) is 0 Å². The van der Waals surface area contributed by atoms with Crippen molar-refractivity contribution in [2.45, 2.75) is 36.9 Å². The first-order valence-corrected chi connectivity index (χ1v) is 5.17. The summed E-state index contributed by atoms with van der Waals surface area (Å²) in [5.74, 6) is 0. The Morgan fingerprint density at radius 2 is 2.00 bits per heavy atom. The third-order valence-corrected chi connectivity index (χ3v) is 3.78. The van der Waals surface area contributed by atoms with E-state index in [1.807, 2.05) is 0 Å². The Morgan fingerprint density at radius 3 is 2.25 bits per heavy atom. The average molecular weight is 230 g/mol. The van der Waals surface area contributed by atoms with Crippen LogP contribution >= 0.6 is 34.8 Å². The summed E-state index contributed by atoms with van der Waals surface area (Å²) >= 11 is 17.2. The summed E-state index contributed by atoms with van der Waals surface area (Å²) in [7, 11) is 0. The zero-order chi connectivity index (χ0) is 9.41. The lowest BCUT2D eigenvalue weighted by molar-refractivity contribution is -0.116. The SMILES string of the molecule is CCCCC1(C(=O)Cl)CC1(Cl)Cl. The molecule has 1 saturated carbocycles. The summed E-state index contributed by atoms with van der Waals surface area (Å²) in [5, 5.41) is -0.388. The van der Waals surface area contributed by atoms with Crippen molar-refractivity contribution in [3.63, 3.8) is 0 Å². The van der Waals surface area contributed by atoms with Crippen LogP contribution in [0.2, 0.25) is 0 Å². The lowest BCUT2D eigenvalue weighted by Crippen LogP contribution is -2.17. The summed E-state index contributed by atoms with van der Waals surface area (Å²) in [6.07, 6.45) is 3.18. The maximum absolute atomic E-state index is 11.0. The van der Waals surface area contributed by atoms with E-state index in [9.17, 15) is 4.79 Å². The van der Waals surface area contributed by atoms with Crippen molar-refractivity contribution < 1.29 is 4.79 Å². The van der Waals surface area contributed by atoms with Gasteiger partial charge in [0.2, 0.25) is 5.24 Å². The van der Waals surface area contributed by atoms with Crippen LogP contribution in [-0.2, 0) is 4.79 Å². The van der Waals surface area contributed by atoms with Crippen LogP contribution in [-0.4, -0.2) is 9.58 Å². The van der Waals surface area contributed by atoms with Gasteiger partial charge in [0.1, 0.15) is 4.33 Å². The maximum Gasteiger partial charge on any atom is 0.230 e. The number of carbonyl (C=O) groups is 1. The fourth-order valence-electron chi connectivity index (χ4n) is 1.40. The van der Waals surface area contributed by atoms with Crippen molar-refractivity contribution in [3.8, 4) is 0 Å². The van der Waals surface area contributed by atoms with Crippen LogP contribution in [0, 0.1) is 5.41 Å². The molecule has 0 heterocycles. The molecule has 1 nitrogen and oxygen atoms in total. The summed E-state index contributed by atoms with van der Waals surface area (Å²) in [6.45, 7) is 2.05. The van der Waals surface area contributed by atoms with Crippen molar-refractivity contribution in [2.75, 3.05) is 0 Å². The van der Waals surface area contributed by atoms with Gasteiger partial charge >= 0.3 is 0 Å². The first kappa shape index (κ1) is 10.6. The van der Waals surface area contributed by atoms with E-state index in [4.69, 9.17) is 34.8 Å². The average Bonchev–Trinajstić information content (AvgIpc) is 2.51. The summed E-state index contributed by atoms with van der Waals surface area (Å²) in [4.78, 5) is 11.0. The highest BCUT2D eigenvalue weighted by atomic mass is 35.5. The van der Waals surface area contributed by atoms with E-state index in [1.54, 1.807) is 0 Å². The molecule has 70 valence electrons. The van der Waals surface area contributed by atoms with Gasteiger partial charge in [0.05, 0.1) is 5.41 Å². The lowest BCUT2D eigenvalue weighted by atomic mass is 10.0. The Bertz CT molecular complexity index is 202. The van der Waals surface area contributed by atoms with Gasteiger partial charge in [-0.1, -0.05) is 19.8 Å². The number of hydrogen-bond donors (Lipinski definition) is 0. The second-order valence-corrected chi connectivity index (χ2v) is 5.17. The minimum Gasteiger partial charge on any atom is -0.281 e. The monoisotopic (exact) mass is 228 g/mol. The van der Waals surface area contributed by atoms with E-state index in [1.165, 1.54) is 0 Å². The molecule has 0 saturated heterocycles. The highest BCUT2D eigenvalue weighted by Gasteiger charge is 2.69. The molecule has 0 aromatic rings. The second-order valence-electron chi connectivity index (χ2n) is 3.34. The number of halogens is 3. The van der Waals surface area contributed by atoms with E-state index >= 15 is 0 Å². The van der Waals surface area contributed by atoms with E-state index in [0.717, 1.165) is 12.8 Å². The van der Waals surface area contributed by atoms with Gasteiger partial charge in [0.25, 0.3) is 0 Å². The minimum absolute atomic E-state index is 0.388. The largest absolute Gasteiger partial charge is 0.281 e. The van der Waals surface area contributed by atoms with Gasteiger partial charge < -0.3 is 0 Å². The molecule has 0 radical (unpaired) electrons. The Hall–Kier alpha value is 0.540. The molecule has 1 rings (SSSR count). The molecule has 0 aliphatic heterocycles. The quantitative estimate of drug-likeness (QED) is 0.533. The Morgan fingerprint density at radius 1 is 1.50 bits per heavy atom. The second kappa shape index (κ2) is 3.36. The normalized spacial score (nSPS) is 31.7. The summed E-state index contributed by atoms with van der Waals surface area (Å²) < 4.78 is -0.902. The number of unbranched alkanes of at least 4 members (excludes halogenated alkanes) is 1. The fourth-order valence-corrected chi connectivity index (χ4v) is 2.63. The van der Waals surface area contributed by atoms with Crippen molar-refractivity contribution in [2.24, 2.45) is 5.41 Å². The third kappa shape index (κ3) is 1.59. The predicted octanol–water partition coefficient (Wildman–Crippen LogP) is 3.51. The molecular weight excluding hydrogens is 218 g/mol. The number of rotatable bonds is 4.